The summed E-state index contributed by atoms with van der Waals surface area (Å²) in [6, 6.07) is 5.57. The SMILES string of the molecule is Cc1ccc(-n2cc(Cl)cn2)cc1CC(=O)O. The minimum atomic E-state index is -0.844. The molecule has 4 nitrogen and oxygen atoms in total. The summed E-state index contributed by atoms with van der Waals surface area (Å²) in [7, 11) is 0. The van der Waals surface area contributed by atoms with Crippen LogP contribution < -0.4 is 0 Å². The van der Waals surface area contributed by atoms with E-state index in [9.17, 15) is 4.79 Å². The van der Waals surface area contributed by atoms with E-state index in [-0.39, 0.29) is 6.42 Å². The Morgan fingerprint density at radius 1 is 1.53 bits per heavy atom. The normalized spacial score (nSPS) is 10.5. The molecule has 1 heterocycles. The lowest BCUT2D eigenvalue weighted by atomic mass is 10.1. The molecule has 5 heteroatoms. The molecular formula is C12H11ClN2O2. The first-order chi connectivity index (χ1) is 8.06. The molecule has 1 aromatic heterocycles. The zero-order valence-electron chi connectivity index (χ0n) is 9.22. The number of benzene rings is 1. The number of carboxylic acids is 1. The van der Waals surface area contributed by atoms with Crippen molar-refractivity contribution in [2.24, 2.45) is 0 Å². The van der Waals surface area contributed by atoms with Gasteiger partial charge in [0.05, 0.1) is 23.3 Å². The van der Waals surface area contributed by atoms with Crippen molar-refractivity contribution in [3.8, 4) is 5.69 Å². The molecule has 2 aromatic rings. The summed E-state index contributed by atoms with van der Waals surface area (Å²) < 4.78 is 1.62. The fraction of sp³-hybridized carbons (Fsp3) is 0.167. The number of hydrogen-bond acceptors (Lipinski definition) is 2. The van der Waals surface area contributed by atoms with Gasteiger partial charge in [-0.1, -0.05) is 17.7 Å². The third kappa shape index (κ3) is 2.65. The van der Waals surface area contributed by atoms with Crippen LogP contribution in [0.15, 0.2) is 30.6 Å². The molecule has 0 aliphatic heterocycles. The predicted octanol–water partition coefficient (Wildman–Crippen LogP) is 2.46. The molecule has 1 N–H and O–H groups in total. The van der Waals surface area contributed by atoms with Gasteiger partial charge in [0, 0.05) is 6.20 Å². The Morgan fingerprint density at radius 3 is 2.88 bits per heavy atom. The highest BCUT2D eigenvalue weighted by molar-refractivity contribution is 6.30. The van der Waals surface area contributed by atoms with Crippen molar-refractivity contribution in [3.63, 3.8) is 0 Å². The summed E-state index contributed by atoms with van der Waals surface area (Å²) >= 11 is 5.79. The van der Waals surface area contributed by atoms with Gasteiger partial charge in [-0.05, 0) is 30.2 Å². The van der Waals surface area contributed by atoms with Gasteiger partial charge in [-0.2, -0.15) is 5.10 Å². The number of aliphatic carboxylic acids is 1. The minimum Gasteiger partial charge on any atom is -0.481 e. The first-order valence-electron chi connectivity index (χ1n) is 5.08. The lowest BCUT2D eigenvalue weighted by Gasteiger charge is -2.07. The molecule has 0 atom stereocenters. The summed E-state index contributed by atoms with van der Waals surface area (Å²) in [5.41, 5.74) is 2.54. The third-order valence-electron chi connectivity index (χ3n) is 2.49. The van der Waals surface area contributed by atoms with Gasteiger partial charge in [0.25, 0.3) is 0 Å². The summed E-state index contributed by atoms with van der Waals surface area (Å²) in [6.07, 6.45) is 3.23. The van der Waals surface area contributed by atoms with Crippen LogP contribution >= 0.6 is 11.6 Å². The molecule has 0 bridgehead atoms. The van der Waals surface area contributed by atoms with Gasteiger partial charge in [0.1, 0.15) is 0 Å². The van der Waals surface area contributed by atoms with Crippen molar-refractivity contribution in [1.29, 1.82) is 0 Å². The maximum absolute atomic E-state index is 10.7. The lowest BCUT2D eigenvalue weighted by Crippen LogP contribution is -2.04. The van der Waals surface area contributed by atoms with E-state index >= 15 is 0 Å². The van der Waals surface area contributed by atoms with Crippen LogP contribution in [0.25, 0.3) is 5.69 Å². The average Bonchev–Trinajstić information content (AvgIpc) is 2.67. The van der Waals surface area contributed by atoms with Crippen molar-refractivity contribution in [2.45, 2.75) is 13.3 Å². The minimum absolute atomic E-state index is 0.00861. The monoisotopic (exact) mass is 250 g/mol. The number of hydrogen-bond donors (Lipinski definition) is 1. The maximum Gasteiger partial charge on any atom is 0.307 e. The summed E-state index contributed by atoms with van der Waals surface area (Å²) in [6.45, 7) is 1.89. The van der Waals surface area contributed by atoms with Gasteiger partial charge in [-0.15, -0.1) is 0 Å². The third-order valence-corrected chi connectivity index (χ3v) is 2.69. The Kier molecular flexibility index (Phi) is 3.15. The van der Waals surface area contributed by atoms with Gasteiger partial charge in [0.2, 0.25) is 0 Å². The van der Waals surface area contributed by atoms with E-state index in [1.165, 1.54) is 6.20 Å². The Morgan fingerprint density at radius 2 is 2.29 bits per heavy atom. The van der Waals surface area contributed by atoms with Gasteiger partial charge < -0.3 is 5.11 Å². The molecule has 0 aliphatic carbocycles. The molecule has 0 spiro atoms. The summed E-state index contributed by atoms with van der Waals surface area (Å²) in [5, 5.41) is 13.4. The summed E-state index contributed by atoms with van der Waals surface area (Å²) in [5.74, 6) is -0.844. The van der Waals surface area contributed by atoms with Crippen LogP contribution in [0.3, 0.4) is 0 Å². The molecule has 0 radical (unpaired) electrons. The van der Waals surface area contributed by atoms with Crippen LogP contribution in [-0.2, 0) is 11.2 Å². The second kappa shape index (κ2) is 4.59. The van der Waals surface area contributed by atoms with Crippen molar-refractivity contribution in [2.75, 3.05) is 0 Å². The van der Waals surface area contributed by atoms with Crippen molar-refractivity contribution >= 4 is 17.6 Å². The van der Waals surface area contributed by atoms with E-state index in [1.54, 1.807) is 10.9 Å². The molecule has 0 saturated heterocycles. The van der Waals surface area contributed by atoms with Crippen LogP contribution in [-0.4, -0.2) is 20.9 Å². The second-order valence-electron chi connectivity index (χ2n) is 3.78. The predicted molar refractivity (Wildman–Crippen MR) is 64.7 cm³/mol. The van der Waals surface area contributed by atoms with Crippen LogP contribution in [0.4, 0.5) is 0 Å². The van der Waals surface area contributed by atoms with E-state index < -0.39 is 5.97 Å². The molecular weight excluding hydrogens is 240 g/mol. The summed E-state index contributed by atoms with van der Waals surface area (Å²) in [4.78, 5) is 10.7. The highest BCUT2D eigenvalue weighted by Gasteiger charge is 2.07. The smallest absolute Gasteiger partial charge is 0.307 e. The molecule has 0 saturated carbocycles. The molecule has 2 rings (SSSR count). The van der Waals surface area contributed by atoms with E-state index in [0.29, 0.717) is 5.02 Å². The average molecular weight is 251 g/mol. The number of aryl methyl sites for hydroxylation is 1. The maximum atomic E-state index is 10.7. The number of rotatable bonds is 3. The molecule has 0 fully saturated rings. The number of halogens is 1. The fourth-order valence-corrected chi connectivity index (χ4v) is 1.73. The lowest BCUT2D eigenvalue weighted by molar-refractivity contribution is -0.136. The van der Waals surface area contributed by atoms with Crippen LogP contribution in [0.1, 0.15) is 11.1 Å². The number of carbonyl (C=O) groups is 1. The second-order valence-corrected chi connectivity index (χ2v) is 4.22. The fourth-order valence-electron chi connectivity index (χ4n) is 1.60. The zero-order valence-corrected chi connectivity index (χ0v) is 9.98. The Hall–Kier alpha value is -1.81. The van der Waals surface area contributed by atoms with Crippen molar-refractivity contribution in [3.05, 3.63) is 46.7 Å². The Bertz CT molecular complexity index is 563. The standard InChI is InChI=1S/C12H11ClN2O2/c1-8-2-3-11(4-9(8)5-12(16)17)15-7-10(13)6-14-15/h2-4,6-7H,5H2,1H3,(H,16,17). The van der Waals surface area contributed by atoms with E-state index in [4.69, 9.17) is 16.7 Å². The Labute approximate surface area is 103 Å². The number of carboxylic acid groups (broad SMARTS) is 1. The largest absolute Gasteiger partial charge is 0.481 e. The Balaban J connectivity index is 2.40. The van der Waals surface area contributed by atoms with E-state index in [1.807, 2.05) is 25.1 Å². The molecule has 17 heavy (non-hydrogen) atoms. The first-order valence-corrected chi connectivity index (χ1v) is 5.46. The van der Waals surface area contributed by atoms with Gasteiger partial charge in [-0.25, -0.2) is 4.68 Å². The quantitative estimate of drug-likeness (QED) is 0.910. The van der Waals surface area contributed by atoms with Gasteiger partial charge in [-0.3, -0.25) is 4.79 Å². The molecule has 0 aliphatic rings. The van der Waals surface area contributed by atoms with Gasteiger partial charge >= 0.3 is 5.97 Å². The highest BCUT2D eigenvalue weighted by Crippen LogP contribution is 2.17. The number of aromatic nitrogens is 2. The van der Waals surface area contributed by atoms with Crippen LogP contribution in [0.5, 0.6) is 0 Å². The van der Waals surface area contributed by atoms with Crippen molar-refractivity contribution in [1.82, 2.24) is 9.78 Å². The van der Waals surface area contributed by atoms with Crippen LogP contribution in [0.2, 0.25) is 5.02 Å². The molecule has 0 amide bonds. The first kappa shape index (κ1) is 11.7. The topological polar surface area (TPSA) is 55.1 Å². The molecule has 88 valence electrons. The molecule has 0 unspecified atom stereocenters. The number of nitrogens with zero attached hydrogens (tertiary/aromatic N) is 2. The van der Waals surface area contributed by atoms with E-state index in [2.05, 4.69) is 5.10 Å². The van der Waals surface area contributed by atoms with Crippen LogP contribution in [0, 0.1) is 6.92 Å². The van der Waals surface area contributed by atoms with E-state index in [0.717, 1.165) is 16.8 Å². The zero-order chi connectivity index (χ0) is 12.4. The highest BCUT2D eigenvalue weighted by atomic mass is 35.5. The molecule has 1 aromatic carbocycles. The van der Waals surface area contributed by atoms with Gasteiger partial charge in [0.15, 0.2) is 0 Å². The van der Waals surface area contributed by atoms with Crippen molar-refractivity contribution < 1.29 is 9.90 Å².